The molecule has 0 amide bonds. The van der Waals surface area contributed by atoms with Crippen molar-refractivity contribution in [3.63, 3.8) is 0 Å². The Morgan fingerprint density at radius 1 is 0.913 bits per heavy atom. The Balaban J connectivity index is 2.09. The Morgan fingerprint density at radius 3 is 2.30 bits per heavy atom. The van der Waals surface area contributed by atoms with Crippen molar-refractivity contribution in [2.45, 2.75) is 13.3 Å². The second kappa shape index (κ2) is 6.46. The maximum Gasteiger partial charge on any atom is 0.166 e. The van der Waals surface area contributed by atoms with Crippen LogP contribution in [0.3, 0.4) is 0 Å². The van der Waals surface area contributed by atoms with Crippen LogP contribution in [0.2, 0.25) is 0 Å². The maximum absolute atomic E-state index is 14.0. The molecule has 1 aliphatic carbocycles. The van der Waals surface area contributed by atoms with Crippen LogP contribution in [0.15, 0.2) is 52.5 Å². The summed E-state index contributed by atoms with van der Waals surface area (Å²) in [5.41, 5.74) is 3.53. The molecule has 4 heteroatoms. The maximum atomic E-state index is 14.0. The molecule has 2 aromatic rings. The van der Waals surface area contributed by atoms with Crippen LogP contribution in [0, 0.1) is 25.0 Å². The first-order valence-corrected chi connectivity index (χ1v) is 7.88. The van der Waals surface area contributed by atoms with Crippen LogP contribution in [0.4, 0.5) is 8.78 Å². The second-order valence-corrected chi connectivity index (χ2v) is 6.15. The molecule has 0 saturated heterocycles. The van der Waals surface area contributed by atoms with Crippen molar-refractivity contribution in [1.82, 2.24) is 0 Å². The lowest BCUT2D eigenvalue weighted by Gasteiger charge is -2.21. The minimum absolute atomic E-state index is 0.121. The number of hydrogen-bond acceptors (Lipinski definition) is 0. The Bertz CT molecular complexity index is 818. The Kier molecular flexibility index (Phi) is 4.56. The van der Waals surface area contributed by atoms with Gasteiger partial charge in [0.05, 0.1) is 10.1 Å². The summed E-state index contributed by atoms with van der Waals surface area (Å²) in [7, 11) is 0. The third kappa shape index (κ3) is 3.06. The topological polar surface area (TPSA) is 0 Å². The molecule has 23 heavy (non-hydrogen) atoms. The number of halogens is 4. The van der Waals surface area contributed by atoms with E-state index < -0.39 is 11.6 Å². The zero-order valence-corrected chi connectivity index (χ0v) is 13.8. The van der Waals surface area contributed by atoms with Gasteiger partial charge >= 0.3 is 0 Å². The normalized spacial score (nSPS) is 15.3. The summed E-state index contributed by atoms with van der Waals surface area (Å²) in [5.74, 6) is -1.82. The third-order valence-electron chi connectivity index (χ3n) is 3.85. The molecule has 0 fully saturated rings. The highest BCUT2D eigenvalue weighted by atomic mass is 35.5. The average molecular weight is 350 g/mol. The zero-order valence-electron chi connectivity index (χ0n) is 12.3. The SMILES string of the molecule is Cc1ccc(C2=C(Cl)C(Cl)=C(c3cccc(F)c3F)[CH]C2)cc1. The van der Waals surface area contributed by atoms with E-state index in [-0.39, 0.29) is 10.6 Å². The van der Waals surface area contributed by atoms with E-state index in [4.69, 9.17) is 23.2 Å². The molecule has 0 heterocycles. The van der Waals surface area contributed by atoms with Crippen LogP contribution in [0.1, 0.15) is 23.1 Å². The fraction of sp³-hybridized carbons (Fsp3) is 0.105. The molecule has 0 aromatic heterocycles. The van der Waals surface area contributed by atoms with E-state index in [9.17, 15) is 8.78 Å². The molecular formula is C19H13Cl2F2. The first kappa shape index (κ1) is 16.2. The molecule has 117 valence electrons. The minimum Gasteiger partial charge on any atom is -0.204 e. The van der Waals surface area contributed by atoms with E-state index in [1.165, 1.54) is 12.1 Å². The summed E-state index contributed by atoms with van der Waals surface area (Å²) in [6.07, 6.45) is 2.28. The molecule has 0 aliphatic heterocycles. The first-order valence-electron chi connectivity index (χ1n) is 7.12. The standard InChI is InChI=1S/C19H13Cl2F2/c1-11-5-7-12(8-6-11)13-9-10-14(18(21)17(13)20)15-3-2-4-16(22)19(15)23/h2-8,10H,9H2,1H3. The zero-order chi connectivity index (χ0) is 16.6. The van der Waals surface area contributed by atoms with Crippen LogP contribution >= 0.6 is 23.2 Å². The molecule has 0 bridgehead atoms. The summed E-state index contributed by atoms with van der Waals surface area (Å²) in [4.78, 5) is 0. The van der Waals surface area contributed by atoms with E-state index in [0.29, 0.717) is 17.0 Å². The van der Waals surface area contributed by atoms with Gasteiger partial charge in [-0.3, -0.25) is 0 Å². The van der Waals surface area contributed by atoms with E-state index in [0.717, 1.165) is 22.8 Å². The Labute approximate surface area is 144 Å². The smallest absolute Gasteiger partial charge is 0.166 e. The van der Waals surface area contributed by atoms with Crippen molar-refractivity contribution in [3.05, 3.63) is 87.3 Å². The van der Waals surface area contributed by atoms with Crippen molar-refractivity contribution in [3.8, 4) is 0 Å². The van der Waals surface area contributed by atoms with Crippen molar-refractivity contribution < 1.29 is 8.78 Å². The van der Waals surface area contributed by atoms with Crippen LogP contribution < -0.4 is 0 Å². The Morgan fingerprint density at radius 2 is 1.61 bits per heavy atom. The van der Waals surface area contributed by atoms with Gasteiger partial charge in [0.1, 0.15) is 0 Å². The van der Waals surface area contributed by atoms with Crippen LogP contribution in [0.5, 0.6) is 0 Å². The lowest BCUT2D eigenvalue weighted by molar-refractivity contribution is 0.506. The van der Waals surface area contributed by atoms with Gasteiger partial charge in [0, 0.05) is 5.56 Å². The predicted molar refractivity (Wildman–Crippen MR) is 92.0 cm³/mol. The second-order valence-electron chi connectivity index (χ2n) is 5.40. The molecular weight excluding hydrogens is 337 g/mol. The third-order valence-corrected chi connectivity index (χ3v) is 4.75. The number of benzene rings is 2. The number of aryl methyl sites for hydroxylation is 1. The monoisotopic (exact) mass is 349 g/mol. The molecule has 0 spiro atoms. The fourth-order valence-electron chi connectivity index (χ4n) is 2.57. The molecule has 0 nitrogen and oxygen atoms in total. The molecule has 2 aromatic carbocycles. The summed E-state index contributed by atoms with van der Waals surface area (Å²) >= 11 is 12.7. The molecule has 0 saturated carbocycles. The lowest BCUT2D eigenvalue weighted by Crippen LogP contribution is -2.03. The quantitative estimate of drug-likeness (QED) is 0.581. The van der Waals surface area contributed by atoms with Gasteiger partial charge < -0.3 is 0 Å². The molecule has 0 N–H and O–H groups in total. The van der Waals surface area contributed by atoms with E-state index in [2.05, 4.69) is 0 Å². The van der Waals surface area contributed by atoms with E-state index >= 15 is 0 Å². The van der Waals surface area contributed by atoms with Crippen molar-refractivity contribution >= 4 is 34.3 Å². The van der Waals surface area contributed by atoms with Crippen LogP contribution in [-0.4, -0.2) is 0 Å². The minimum atomic E-state index is -0.917. The summed E-state index contributed by atoms with van der Waals surface area (Å²) < 4.78 is 27.4. The average Bonchev–Trinajstić information content (AvgIpc) is 2.54. The highest BCUT2D eigenvalue weighted by Crippen LogP contribution is 2.43. The van der Waals surface area contributed by atoms with Gasteiger partial charge in [-0.1, -0.05) is 65.2 Å². The van der Waals surface area contributed by atoms with E-state index in [1.807, 2.05) is 31.2 Å². The fourth-order valence-corrected chi connectivity index (χ4v) is 3.15. The van der Waals surface area contributed by atoms with Gasteiger partial charge in [-0.05, 0) is 42.5 Å². The molecule has 0 unspecified atom stereocenters. The lowest BCUT2D eigenvalue weighted by atomic mass is 9.89. The Hall–Kier alpha value is -1.64. The number of hydrogen-bond donors (Lipinski definition) is 0. The van der Waals surface area contributed by atoms with E-state index in [1.54, 1.807) is 6.42 Å². The molecule has 1 radical (unpaired) electrons. The largest absolute Gasteiger partial charge is 0.204 e. The summed E-state index contributed by atoms with van der Waals surface area (Å²) in [6, 6.07) is 11.9. The molecule has 3 rings (SSSR count). The van der Waals surface area contributed by atoms with Gasteiger partial charge in [0.15, 0.2) is 11.6 Å². The summed E-state index contributed by atoms with van der Waals surface area (Å²) in [5, 5.41) is 0.606. The van der Waals surface area contributed by atoms with Crippen molar-refractivity contribution in [2.75, 3.05) is 0 Å². The van der Waals surface area contributed by atoms with Crippen LogP contribution in [-0.2, 0) is 0 Å². The highest BCUT2D eigenvalue weighted by Gasteiger charge is 2.24. The van der Waals surface area contributed by atoms with Gasteiger partial charge in [0.2, 0.25) is 0 Å². The van der Waals surface area contributed by atoms with Gasteiger partial charge in [-0.25, -0.2) is 8.78 Å². The van der Waals surface area contributed by atoms with Gasteiger partial charge in [0.25, 0.3) is 0 Å². The van der Waals surface area contributed by atoms with Gasteiger partial charge in [-0.15, -0.1) is 0 Å². The molecule has 1 aliphatic rings. The first-order chi connectivity index (χ1) is 11.0. The van der Waals surface area contributed by atoms with Crippen LogP contribution in [0.25, 0.3) is 11.1 Å². The van der Waals surface area contributed by atoms with Crippen molar-refractivity contribution in [1.29, 1.82) is 0 Å². The number of allylic oxidation sites excluding steroid dienone is 4. The highest BCUT2D eigenvalue weighted by molar-refractivity contribution is 6.48. The predicted octanol–water partition coefficient (Wildman–Crippen LogP) is 6.48. The molecule has 0 atom stereocenters. The summed E-state index contributed by atoms with van der Waals surface area (Å²) in [6.45, 7) is 2.00. The number of rotatable bonds is 2. The van der Waals surface area contributed by atoms with Gasteiger partial charge in [-0.2, -0.15) is 0 Å². The van der Waals surface area contributed by atoms with Crippen molar-refractivity contribution in [2.24, 2.45) is 0 Å².